The van der Waals surface area contributed by atoms with Gasteiger partial charge in [0.2, 0.25) is 0 Å². The van der Waals surface area contributed by atoms with E-state index in [1.807, 2.05) is 6.07 Å². The van der Waals surface area contributed by atoms with Crippen LogP contribution in [0, 0.1) is 0 Å². The van der Waals surface area contributed by atoms with E-state index in [0.717, 1.165) is 11.6 Å². The standard InChI is InChI=1S/C13H15NS/c1-3-10(14)8-13-9(2)11-6-4-5-7-12(11)15-13/h4-8,10H,2-3,14H2,1H3/b13-8+. The van der Waals surface area contributed by atoms with Crippen LogP contribution in [0.2, 0.25) is 0 Å². The summed E-state index contributed by atoms with van der Waals surface area (Å²) in [6.45, 7) is 6.21. The van der Waals surface area contributed by atoms with Crippen LogP contribution in [0.1, 0.15) is 13.3 Å². The minimum atomic E-state index is 0.138. The molecule has 0 bridgehead atoms. The topological polar surface area (TPSA) is 26.0 Å². The molecule has 78 valence electrons. The van der Waals surface area contributed by atoms with Gasteiger partial charge in [0, 0.05) is 15.3 Å². The zero-order valence-electron chi connectivity index (χ0n) is 8.86. The van der Waals surface area contributed by atoms with Crippen LogP contribution in [0.15, 0.2) is 24.3 Å². The SMILES string of the molecule is C=c1/c(=C\C(N)CC)sc2ccccc12. The molecule has 1 atom stereocenters. The molecule has 1 aromatic heterocycles. The number of nitrogens with two attached hydrogens (primary N) is 1. The number of benzene rings is 1. The lowest BCUT2D eigenvalue weighted by Crippen LogP contribution is -2.24. The summed E-state index contributed by atoms with van der Waals surface area (Å²) in [4.78, 5) is 0. The van der Waals surface area contributed by atoms with Crippen molar-refractivity contribution in [3.8, 4) is 0 Å². The van der Waals surface area contributed by atoms with Gasteiger partial charge in [0.1, 0.15) is 0 Å². The molecule has 0 aliphatic heterocycles. The van der Waals surface area contributed by atoms with Gasteiger partial charge in [-0.25, -0.2) is 0 Å². The minimum absolute atomic E-state index is 0.138. The Bertz CT molecular complexity index is 568. The van der Waals surface area contributed by atoms with Crippen LogP contribution in [-0.2, 0) is 0 Å². The zero-order valence-corrected chi connectivity index (χ0v) is 9.68. The van der Waals surface area contributed by atoms with Crippen molar-refractivity contribution in [3.63, 3.8) is 0 Å². The number of rotatable bonds is 2. The van der Waals surface area contributed by atoms with Crippen LogP contribution in [0.25, 0.3) is 22.7 Å². The van der Waals surface area contributed by atoms with Crippen molar-refractivity contribution in [1.29, 1.82) is 0 Å². The summed E-state index contributed by atoms with van der Waals surface area (Å²) in [5.41, 5.74) is 5.92. The Kier molecular flexibility index (Phi) is 2.89. The molecule has 0 saturated heterocycles. The molecule has 1 aromatic carbocycles. The monoisotopic (exact) mass is 217 g/mol. The Balaban J connectivity index is 2.69. The summed E-state index contributed by atoms with van der Waals surface area (Å²) < 4.78 is 2.50. The van der Waals surface area contributed by atoms with Crippen molar-refractivity contribution < 1.29 is 0 Å². The first-order chi connectivity index (χ1) is 7.22. The smallest absolute Gasteiger partial charge is 0.0355 e. The van der Waals surface area contributed by atoms with Crippen molar-refractivity contribution in [2.45, 2.75) is 19.4 Å². The van der Waals surface area contributed by atoms with Crippen LogP contribution in [-0.4, -0.2) is 6.04 Å². The van der Waals surface area contributed by atoms with E-state index in [4.69, 9.17) is 5.73 Å². The fraction of sp³-hybridized carbons (Fsp3) is 0.231. The van der Waals surface area contributed by atoms with E-state index in [0.29, 0.717) is 0 Å². The molecular weight excluding hydrogens is 202 g/mol. The van der Waals surface area contributed by atoms with Crippen molar-refractivity contribution in [1.82, 2.24) is 0 Å². The maximum Gasteiger partial charge on any atom is 0.0355 e. The molecular formula is C13H15NS. The molecule has 2 aromatic rings. The lowest BCUT2D eigenvalue weighted by molar-refractivity contribution is 0.817. The average molecular weight is 217 g/mol. The third kappa shape index (κ3) is 1.96. The third-order valence-electron chi connectivity index (χ3n) is 2.57. The second-order valence-corrected chi connectivity index (χ2v) is 4.76. The van der Waals surface area contributed by atoms with E-state index in [1.54, 1.807) is 11.3 Å². The number of fused-ring (bicyclic) bond motifs is 1. The quantitative estimate of drug-likeness (QED) is 0.816. The molecule has 1 nitrogen and oxygen atoms in total. The van der Waals surface area contributed by atoms with Crippen molar-refractivity contribution >= 4 is 34.1 Å². The molecule has 0 amide bonds. The molecule has 0 radical (unpaired) electrons. The Labute approximate surface area is 93.5 Å². The van der Waals surface area contributed by atoms with E-state index in [2.05, 4.69) is 37.8 Å². The Morgan fingerprint density at radius 2 is 2.20 bits per heavy atom. The van der Waals surface area contributed by atoms with Gasteiger partial charge in [-0.2, -0.15) is 0 Å². The summed E-state index contributed by atoms with van der Waals surface area (Å²) in [6.07, 6.45) is 3.08. The van der Waals surface area contributed by atoms with Gasteiger partial charge in [-0.1, -0.05) is 31.7 Å². The molecule has 2 N–H and O–H groups in total. The normalized spacial score (nSPS) is 14.7. The lowest BCUT2D eigenvalue weighted by atomic mass is 10.2. The maximum absolute atomic E-state index is 5.92. The molecule has 0 spiro atoms. The van der Waals surface area contributed by atoms with Gasteiger partial charge in [-0.15, -0.1) is 11.3 Å². The van der Waals surface area contributed by atoms with Gasteiger partial charge in [0.05, 0.1) is 0 Å². The fourth-order valence-electron chi connectivity index (χ4n) is 1.56. The summed E-state index contributed by atoms with van der Waals surface area (Å²) in [7, 11) is 0. The minimum Gasteiger partial charge on any atom is -0.324 e. The molecule has 15 heavy (non-hydrogen) atoms. The number of hydrogen-bond donors (Lipinski definition) is 1. The van der Waals surface area contributed by atoms with Crippen LogP contribution < -0.4 is 15.5 Å². The van der Waals surface area contributed by atoms with E-state index < -0.39 is 0 Å². The molecule has 1 heterocycles. The Morgan fingerprint density at radius 1 is 1.47 bits per heavy atom. The molecule has 2 heteroatoms. The van der Waals surface area contributed by atoms with Gasteiger partial charge >= 0.3 is 0 Å². The van der Waals surface area contributed by atoms with E-state index in [-0.39, 0.29) is 6.04 Å². The van der Waals surface area contributed by atoms with Crippen LogP contribution in [0.4, 0.5) is 0 Å². The highest BCUT2D eigenvalue weighted by atomic mass is 32.1. The van der Waals surface area contributed by atoms with E-state index in [9.17, 15) is 0 Å². The van der Waals surface area contributed by atoms with Gasteiger partial charge < -0.3 is 5.73 Å². The average Bonchev–Trinajstić information content (AvgIpc) is 2.57. The predicted octanol–water partition coefficient (Wildman–Crippen LogP) is 1.83. The second kappa shape index (κ2) is 4.17. The first kappa shape index (κ1) is 10.4. The number of thiophene rings is 1. The Morgan fingerprint density at radius 3 is 2.87 bits per heavy atom. The van der Waals surface area contributed by atoms with Crippen LogP contribution in [0.3, 0.4) is 0 Å². The summed E-state index contributed by atoms with van der Waals surface area (Å²) in [5, 5.41) is 2.36. The largest absolute Gasteiger partial charge is 0.324 e. The highest BCUT2D eigenvalue weighted by Crippen LogP contribution is 2.11. The highest BCUT2D eigenvalue weighted by Gasteiger charge is 1.99. The molecule has 1 unspecified atom stereocenters. The van der Waals surface area contributed by atoms with Crippen LogP contribution in [0.5, 0.6) is 0 Å². The van der Waals surface area contributed by atoms with Crippen molar-refractivity contribution in [3.05, 3.63) is 34.0 Å². The van der Waals surface area contributed by atoms with Crippen molar-refractivity contribution in [2.75, 3.05) is 0 Å². The van der Waals surface area contributed by atoms with Gasteiger partial charge in [0.25, 0.3) is 0 Å². The van der Waals surface area contributed by atoms with Gasteiger partial charge in [0.15, 0.2) is 0 Å². The highest BCUT2D eigenvalue weighted by molar-refractivity contribution is 7.17. The first-order valence-corrected chi connectivity index (χ1v) is 5.98. The molecule has 0 aliphatic rings. The zero-order chi connectivity index (χ0) is 10.8. The van der Waals surface area contributed by atoms with Gasteiger partial charge in [-0.05, 0) is 29.2 Å². The summed E-state index contributed by atoms with van der Waals surface area (Å²) in [6, 6.07) is 8.49. The Hall–Kier alpha value is -1.12. The molecule has 0 fully saturated rings. The van der Waals surface area contributed by atoms with E-state index in [1.165, 1.54) is 14.6 Å². The molecule has 2 rings (SSSR count). The fourth-order valence-corrected chi connectivity index (χ4v) is 2.73. The maximum atomic E-state index is 5.92. The third-order valence-corrected chi connectivity index (χ3v) is 3.74. The van der Waals surface area contributed by atoms with Gasteiger partial charge in [-0.3, -0.25) is 0 Å². The summed E-state index contributed by atoms with van der Waals surface area (Å²) in [5.74, 6) is 0. The van der Waals surface area contributed by atoms with E-state index >= 15 is 0 Å². The number of hydrogen-bond acceptors (Lipinski definition) is 2. The van der Waals surface area contributed by atoms with Crippen LogP contribution >= 0.6 is 11.3 Å². The lowest BCUT2D eigenvalue weighted by Gasteiger charge is -1.97. The molecule has 0 aliphatic carbocycles. The predicted molar refractivity (Wildman–Crippen MR) is 69.3 cm³/mol. The summed E-state index contributed by atoms with van der Waals surface area (Å²) >= 11 is 1.77. The second-order valence-electron chi connectivity index (χ2n) is 3.68. The van der Waals surface area contributed by atoms with Crippen molar-refractivity contribution in [2.24, 2.45) is 5.73 Å². The molecule has 0 saturated carbocycles. The first-order valence-electron chi connectivity index (χ1n) is 5.16.